The second-order valence-electron chi connectivity index (χ2n) is 7.63. The van der Waals surface area contributed by atoms with Crippen molar-refractivity contribution in [2.45, 2.75) is 37.5 Å². The number of fused-ring (bicyclic) bond motifs is 1. The molecular formula is C21H23F2N3O2. The van der Waals surface area contributed by atoms with E-state index in [0.717, 1.165) is 11.3 Å². The molecule has 1 unspecified atom stereocenters. The highest BCUT2D eigenvalue weighted by molar-refractivity contribution is 5.74. The number of nitrogens with zero attached hydrogens (tertiary/aromatic N) is 1. The van der Waals surface area contributed by atoms with Crippen molar-refractivity contribution in [3.05, 3.63) is 65.2 Å². The molecule has 0 aromatic heterocycles. The van der Waals surface area contributed by atoms with Crippen molar-refractivity contribution < 1.29 is 18.7 Å². The van der Waals surface area contributed by atoms with Crippen LogP contribution in [-0.4, -0.2) is 34.7 Å². The van der Waals surface area contributed by atoms with Crippen LogP contribution in [0.5, 0.6) is 0 Å². The number of halogens is 2. The molecule has 0 aliphatic carbocycles. The minimum absolute atomic E-state index is 0.155. The van der Waals surface area contributed by atoms with Crippen LogP contribution >= 0.6 is 0 Å². The highest BCUT2D eigenvalue weighted by atomic mass is 19.1. The summed E-state index contributed by atoms with van der Waals surface area (Å²) in [6.07, 6.45) is 1.18. The molecule has 1 saturated heterocycles. The SMILES string of the molecule is O=C(NCc1ccc(F)cc1)N1CCC2(CC1)CC(O)c1cc(F)ccc1N2. The average molecular weight is 387 g/mol. The molecule has 2 aliphatic heterocycles. The molecule has 28 heavy (non-hydrogen) atoms. The van der Waals surface area contributed by atoms with Crippen LogP contribution in [0.4, 0.5) is 19.3 Å². The lowest BCUT2D eigenvalue weighted by atomic mass is 9.77. The number of urea groups is 1. The molecule has 7 heteroatoms. The van der Waals surface area contributed by atoms with Gasteiger partial charge in [0, 0.05) is 42.8 Å². The van der Waals surface area contributed by atoms with Gasteiger partial charge in [-0.25, -0.2) is 13.6 Å². The number of piperidine rings is 1. The molecule has 0 saturated carbocycles. The van der Waals surface area contributed by atoms with E-state index >= 15 is 0 Å². The summed E-state index contributed by atoms with van der Waals surface area (Å²) >= 11 is 0. The maximum atomic E-state index is 13.4. The summed E-state index contributed by atoms with van der Waals surface area (Å²) in [6.45, 7) is 1.47. The maximum Gasteiger partial charge on any atom is 0.317 e. The van der Waals surface area contributed by atoms with Crippen molar-refractivity contribution in [1.82, 2.24) is 10.2 Å². The summed E-state index contributed by atoms with van der Waals surface area (Å²) in [7, 11) is 0. The van der Waals surface area contributed by atoms with Crippen LogP contribution < -0.4 is 10.6 Å². The van der Waals surface area contributed by atoms with Crippen molar-refractivity contribution in [2.75, 3.05) is 18.4 Å². The van der Waals surface area contributed by atoms with E-state index < -0.39 is 6.10 Å². The van der Waals surface area contributed by atoms with Crippen LogP contribution in [0, 0.1) is 11.6 Å². The number of carbonyl (C=O) groups is 1. The van der Waals surface area contributed by atoms with Gasteiger partial charge in [0.25, 0.3) is 0 Å². The smallest absolute Gasteiger partial charge is 0.317 e. The first-order valence-corrected chi connectivity index (χ1v) is 9.47. The van der Waals surface area contributed by atoms with Crippen LogP contribution in [0.2, 0.25) is 0 Å². The number of nitrogens with one attached hydrogen (secondary N) is 2. The molecule has 148 valence electrons. The van der Waals surface area contributed by atoms with Gasteiger partial charge in [-0.1, -0.05) is 12.1 Å². The Balaban J connectivity index is 1.34. The summed E-state index contributed by atoms with van der Waals surface area (Å²) < 4.78 is 26.4. The van der Waals surface area contributed by atoms with Gasteiger partial charge in [0.1, 0.15) is 11.6 Å². The van der Waals surface area contributed by atoms with E-state index in [9.17, 15) is 18.7 Å². The molecule has 1 atom stereocenters. The highest BCUT2D eigenvalue weighted by Crippen LogP contribution is 2.42. The third-order valence-corrected chi connectivity index (χ3v) is 5.72. The number of amides is 2. The zero-order valence-corrected chi connectivity index (χ0v) is 15.4. The van der Waals surface area contributed by atoms with Crippen LogP contribution in [0.15, 0.2) is 42.5 Å². The standard InChI is InChI=1S/C21H23F2N3O2/c22-15-3-1-14(2-4-15)13-24-20(28)26-9-7-21(8-10-26)12-19(27)17-11-16(23)5-6-18(17)25-21/h1-6,11,19,25,27H,7-10,12-13H2,(H,24,28). The monoisotopic (exact) mass is 387 g/mol. The Labute approximate surface area is 162 Å². The number of likely N-dealkylation sites (tertiary alicyclic amines) is 1. The first-order valence-electron chi connectivity index (χ1n) is 9.47. The molecule has 1 spiro atoms. The van der Waals surface area contributed by atoms with Gasteiger partial charge in [-0.15, -0.1) is 0 Å². The molecule has 2 amide bonds. The van der Waals surface area contributed by atoms with E-state index in [1.165, 1.54) is 24.3 Å². The van der Waals surface area contributed by atoms with Crippen LogP contribution in [0.25, 0.3) is 0 Å². The van der Waals surface area contributed by atoms with Crippen LogP contribution in [0.1, 0.15) is 36.5 Å². The van der Waals surface area contributed by atoms with E-state index in [2.05, 4.69) is 10.6 Å². The summed E-state index contributed by atoms with van der Waals surface area (Å²) in [5.41, 5.74) is 1.89. The maximum absolute atomic E-state index is 13.4. The summed E-state index contributed by atoms with van der Waals surface area (Å²) in [6, 6.07) is 10.3. The number of aliphatic hydroxyl groups is 1. The molecule has 2 aliphatic rings. The molecule has 0 radical (unpaired) electrons. The normalized spacial score (nSPS) is 20.4. The van der Waals surface area contributed by atoms with E-state index in [1.54, 1.807) is 23.1 Å². The minimum atomic E-state index is -0.717. The zero-order valence-electron chi connectivity index (χ0n) is 15.4. The first kappa shape index (κ1) is 18.7. The molecule has 4 rings (SSSR count). The average Bonchev–Trinajstić information content (AvgIpc) is 2.69. The van der Waals surface area contributed by atoms with Crippen molar-refractivity contribution in [3.8, 4) is 0 Å². The van der Waals surface area contributed by atoms with Gasteiger partial charge >= 0.3 is 6.03 Å². The lowest BCUT2D eigenvalue weighted by Gasteiger charge is -2.47. The fourth-order valence-electron chi connectivity index (χ4n) is 4.10. The number of carbonyl (C=O) groups excluding carboxylic acids is 1. The largest absolute Gasteiger partial charge is 0.388 e. The second kappa shape index (κ2) is 7.39. The van der Waals surface area contributed by atoms with Crippen LogP contribution in [0.3, 0.4) is 0 Å². The van der Waals surface area contributed by atoms with Crippen molar-refractivity contribution in [1.29, 1.82) is 0 Å². The number of rotatable bonds is 2. The van der Waals surface area contributed by atoms with Gasteiger partial charge in [-0.3, -0.25) is 0 Å². The lowest BCUT2D eigenvalue weighted by Crippen LogP contribution is -2.54. The van der Waals surface area contributed by atoms with E-state index in [4.69, 9.17) is 0 Å². The zero-order chi connectivity index (χ0) is 19.7. The van der Waals surface area contributed by atoms with Gasteiger partial charge < -0.3 is 20.6 Å². The van der Waals surface area contributed by atoms with E-state index in [0.29, 0.717) is 44.5 Å². The Hall–Kier alpha value is -2.67. The number of aliphatic hydroxyl groups excluding tert-OH is 1. The molecule has 2 aromatic rings. The van der Waals surface area contributed by atoms with E-state index in [-0.39, 0.29) is 23.2 Å². The minimum Gasteiger partial charge on any atom is -0.388 e. The van der Waals surface area contributed by atoms with Gasteiger partial charge in [0.2, 0.25) is 0 Å². The predicted octanol–water partition coefficient (Wildman–Crippen LogP) is 3.56. The van der Waals surface area contributed by atoms with Crippen molar-refractivity contribution in [2.24, 2.45) is 0 Å². The quantitative estimate of drug-likeness (QED) is 0.738. The summed E-state index contributed by atoms with van der Waals surface area (Å²) in [4.78, 5) is 14.2. The predicted molar refractivity (Wildman–Crippen MR) is 102 cm³/mol. The molecule has 2 aromatic carbocycles. The molecule has 5 nitrogen and oxygen atoms in total. The van der Waals surface area contributed by atoms with Gasteiger partial charge in [-0.05, 0) is 48.7 Å². The lowest BCUT2D eigenvalue weighted by molar-refractivity contribution is 0.0988. The fraction of sp³-hybridized carbons (Fsp3) is 0.381. The second-order valence-corrected chi connectivity index (χ2v) is 7.63. The number of hydrogen-bond acceptors (Lipinski definition) is 3. The first-order chi connectivity index (χ1) is 13.4. The Morgan fingerprint density at radius 1 is 1.14 bits per heavy atom. The van der Waals surface area contributed by atoms with Crippen molar-refractivity contribution >= 4 is 11.7 Å². The van der Waals surface area contributed by atoms with Crippen LogP contribution in [-0.2, 0) is 6.54 Å². The van der Waals surface area contributed by atoms with Gasteiger partial charge in [0.05, 0.1) is 6.10 Å². The summed E-state index contributed by atoms with van der Waals surface area (Å²) in [5.74, 6) is -0.661. The molecular weight excluding hydrogens is 364 g/mol. The molecule has 3 N–H and O–H groups in total. The third kappa shape index (κ3) is 3.80. The Bertz CT molecular complexity index is 864. The molecule has 2 heterocycles. The van der Waals surface area contributed by atoms with Crippen molar-refractivity contribution in [3.63, 3.8) is 0 Å². The number of hydrogen-bond donors (Lipinski definition) is 3. The highest BCUT2D eigenvalue weighted by Gasteiger charge is 2.41. The summed E-state index contributed by atoms with van der Waals surface area (Å²) in [5, 5.41) is 16.8. The third-order valence-electron chi connectivity index (χ3n) is 5.72. The molecule has 1 fully saturated rings. The van der Waals surface area contributed by atoms with Gasteiger partial charge in [0.15, 0.2) is 0 Å². The fourth-order valence-corrected chi connectivity index (χ4v) is 4.10. The molecule has 0 bridgehead atoms. The van der Waals surface area contributed by atoms with Gasteiger partial charge in [-0.2, -0.15) is 0 Å². The van der Waals surface area contributed by atoms with E-state index in [1.807, 2.05) is 0 Å². The topological polar surface area (TPSA) is 64.6 Å². The Kier molecular flexibility index (Phi) is 4.93. The number of anilines is 1. The number of benzene rings is 2. The Morgan fingerprint density at radius 2 is 1.82 bits per heavy atom. The Morgan fingerprint density at radius 3 is 2.54 bits per heavy atom.